The molecule has 0 heterocycles. The maximum absolute atomic E-state index is 13.5. The van der Waals surface area contributed by atoms with Crippen LogP contribution < -0.4 is 20.7 Å². The van der Waals surface area contributed by atoms with Gasteiger partial charge >= 0.3 is 11.9 Å². The monoisotopic (exact) mass is 1870 g/mol. The first-order chi connectivity index (χ1) is 63.5. The molecule has 0 aliphatic carbocycles. The van der Waals surface area contributed by atoms with E-state index in [-0.39, 0.29) is 70.2 Å². The minimum atomic E-state index is -2.68. The van der Waals surface area contributed by atoms with Crippen molar-refractivity contribution in [2.75, 3.05) is 0 Å². The highest BCUT2D eigenvalue weighted by atomic mass is 28.4. The Morgan fingerprint density at radius 3 is 0.597 bits per heavy atom. The lowest BCUT2D eigenvalue weighted by atomic mass is 9.89. The van der Waals surface area contributed by atoms with Crippen LogP contribution in [-0.4, -0.2) is 60.9 Å². The van der Waals surface area contributed by atoms with E-state index in [1.165, 1.54) is 75.0 Å². The molecule has 0 unspecified atom stereocenters. The van der Waals surface area contributed by atoms with Gasteiger partial charge in [-0.15, -0.1) is 22.2 Å². The Labute approximate surface area is 807 Å². The number of unbranched alkanes of at least 4 members (excludes halogenated alkanes) is 1. The fourth-order valence-corrected chi connectivity index (χ4v) is 40.3. The quantitative estimate of drug-likeness (QED) is 0.0168. The molecule has 690 valence electrons. The number of carbonyl (C=O) groups is 2. The molecule has 14 rings (SSSR count). The average Bonchev–Trinajstić information content (AvgIpc) is 0.729. The van der Waals surface area contributed by atoms with Crippen molar-refractivity contribution in [2.24, 2.45) is 0 Å². The number of fused-ring (bicyclic) bond motifs is 8. The minimum absolute atomic E-state index is 0.132. The van der Waals surface area contributed by atoms with E-state index in [2.05, 4.69) is 467 Å². The smallest absolute Gasteiger partial charge is 0.306 e. The van der Waals surface area contributed by atoms with Crippen LogP contribution in [0.25, 0.3) is 86.2 Å². The molecule has 0 aliphatic rings. The summed E-state index contributed by atoms with van der Waals surface area (Å²) in [6.45, 7) is 62.6. The van der Waals surface area contributed by atoms with Gasteiger partial charge in [0, 0.05) is 35.1 Å². The highest BCUT2D eigenvalue weighted by Crippen LogP contribution is 2.45. The normalized spacial score (nSPS) is 12.8. The van der Waals surface area contributed by atoms with E-state index in [0.717, 1.165) is 76.5 Å². The van der Waals surface area contributed by atoms with Gasteiger partial charge in [-0.05, 0) is 271 Å². The van der Waals surface area contributed by atoms with Crippen LogP contribution in [0.2, 0.25) is 80.6 Å². The van der Waals surface area contributed by atoms with Crippen molar-refractivity contribution in [3.63, 3.8) is 0 Å². The number of benzene rings is 14. The Hall–Kier alpha value is -10.4. The number of rotatable bonds is 27. The summed E-state index contributed by atoms with van der Waals surface area (Å²) in [5.74, 6) is 15.7. The van der Waals surface area contributed by atoms with Gasteiger partial charge in [0.15, 0.2) is 48.9 Å². The molecule has 0 radical (unpaired) electrons. The van der Waals surface area contributed by atoms with Crippen molar-refractivity contribution < 1.29 is 27.9 Å². The molecule has 14 aromatic rings. The van der Waals surface area contributed by atoms with Gasteiger partial charge in [0.25, 0.3) is 0 Å². The van der Waals surface area contributed by atoms with Crippen LogP contribution in [-0.2, 0) is 54.3 Å². The van der Waals surface area contributed by atoms with Gasteiger partial charge in [-0.1, -0.05) is 370 Å². The van der Waals surface area contributed by atoms with Crippen molar-refractivity contribution in [1.82, 2.24) is 0 Å². The maximum atomic E-state index is 13.5. The zero-order chi connectivity index (χ0) is 96.4. The summed E-state index contributed by atoms with van der Waals surface area (Å²) in [6, 6.07) is 90.0. The molecule has 0 aromatic heterocycles. The van der Waals surface area contributed by atoms with Crippen LogP contribution in [0.4, 0.5) is 0 Å². The largest absolute Gasteiger partial charge is 0.461 e. The van der Waals surface area contributed by atoms with Gasteiger partial charge in [0.1, 0.15) is 13.2 Å². The number of hydrogen-bond acceptors (Lipinski definition) is 6. The first kappa shape index (κ1) is 99.5. The standard InChI is InChI=1S/C122H142O6Si6/c1-83(2)131(84(3)4,67-63-107-111-71-95-37-27-31-41-99(95)75-115(111)109(116-76-100-42-32-28-38-96(100)72-112(107)116)65-69-133(87(9)10,88(11)12)105-59-51-93(52-60-105)81-127-129(23,24)121(17,18)19)103-55-47-91(48-56-103)79-125-119(123)45-35-36-46-120(124)126-80-92-49-57-104(58-50-92)132(85(5)6,86(7)8)68-64-108-113-73-97-39-29-33-43-101(97)77-117(113)110(118-78-102-44-34-30-40-98(102)74-114(108)118)66-70-134(89(13)14,90(15)16)106-61-53-94(54-62-106)82-128-130(25,26)122(20,21)22/h27-34,37-44,47-62,71-78,83-90H,35-36,45-46,79-82H2,1-26H3. The third-order valence-corrected chi connectivity index (χ3v) is 61.7. The molecule has 0 aliphatic heterocycles. The zero-order valence-corrected chi connectivity index (χ0v) is 90.8. The van der Waals surface area contributed by atoms with Gasteiger partial charge in [0.2, 0.25) is 0 Å². The second-order valence-corrected chi connectivity index (χ2v) is 72.7. The molecular weight excluding hydrogens is 1730 g/mol. The lowest BCUT2D eigenvalue weighted by Gasteiger charge is -2.36. The van der Waals surface area contributed by atoms with E-state index >= 15 is 0 Å². The predicted molar refractivity (Wildman–Crippen MR) is 591 cm³/mol. The van der Waals surface area contributed by atoms with Gasteiger partial charge < -0.3 is 18.3 Å². The molecule has 0 N–H and O–H groups in total. The number of ether oxygens (including phenoxy) is 2. The molecule has 0 spiro atoms. The lowest BCUT2D eigenvalue weighted by molar-refractivity contribution is -0.147. The van der Waals surface area contributed by atoms with Crippen molar-refractivity contribution >= 4 is 168 Å². The second-order valence-electron chi connectivity index (χ2n) is 43.6. The minimum Gasteiger partial charge on any atom is -0.461 e. The molecule has 0 saturated heterocycles. The van der Waals surface area contributed by atoms with Gasteiger partial charge in [0.05, 0.1) is 13.2 Å². The molecule has 0 atom stereocenters. The van der Waals surface area contributed by atoms with Crippen LogP contribution >= 0.6 is 0 Å². The Morgan fingerprint density at radius 2 is 0.433 bits per heavy atom. The lowest BCUT2D eigenvalue weighted by Crippen LogP contribution is -2.52. The summed E-state index contributed by atoms with van der Waals surface area (Å²) < 4.78 is 25.4. The maximum Gasteiger partial charge on any atom is 0.306 e. The second kappa shape index (κ2) is 40.5. The Bertz CT molecular complexity index is 6340. The summed E-state index contributed by atoms with van der Waals surface area (Å²) in [6.07, 6.45) is 1.41. The molecule has 0 saturated carbocycles. The van der Waals surface area contributed by atoms with E-state index in [9.17, 15) is 9.59 Å². The van der Waals surface area contributed by atoms with E-state index in [0.29, 0.717) is 48.2 Å². The molecule has 6 nitrogen and oxygen atoms in total. The van der Waals surface area contributed by atoms with Crippen LogP contribution in [0.15, 0.2) is 243 Å². The van der Waals surface area contributed by atoms with Crippen molar-refractivity contribution in [3.8, 4) is 45.9 Å². The van der Waals surface area contributed by atoms with E-state index < -0.39 is 48.9 Å². The highest BCUT2D eigenvalue weighted by molar-refractivity contribution is 7.02. The van der Waals surface area contributed by atoms with Crippen LogP contribution in [0, 0.1) is 45.9 Å². The number of carbonyl (C=O) groups excluding carboxylic acids is 2. The van der Waals surface area contributed by atoms with Gasteiger partial charge in [-0.2, -0.15) is 0 Å². The van der Waals surface area contributed by atoms with E-state index in [4.69, 9.17) is 18.3 Å². The summed E-state index contributed by atoms with van der Waals surface area (Å²) in [5.41, 5.74) is 27.7. The van der Waals surface area contributed by atoms with Gasteiger partial charge in [-0.3, -0.25) is 9.59 Å². The first-order valence-corrected chi connectivity index (χ1v) is 63.7. The third kappa shape index (κ3) is 20.1. The molecular formula is C122H142O6Si6. The van der Waals surface area contributed by atoms with Crippen molar-refractivity contribution in [3.05, 3.63) is 287 Å². The summed E-state index contributed by atoms with van der Waals surface area (Å²) >= 11 is 0. The highest BCUT2D eigenvalue weighted by Gasteiger charge is 2.46. The number of hydrogen-bond donors (Lipinski definition) is 0. The summed E-state index contributed by atoms with van der Waals surface area (Å²) in [7, 11) is -14.4. The SMILES string of the molecule is CC(C)[Si](C#Cc1c2cc3ccccc3cc2c(C#C[Si](c2ccc(CO[Si](C)(C)C(C)(C)C)cc2)(C(C)C)C(C)C)c2cc3ccccc3cc12)(c1ccc(COC(=O)CCCCC(=O)OCc2ccc([Si](C#Cc3c4cc5ccccc5cc4c(C#C[Si](c4ccc(CO[Si](C)(C)C(C)(C)C)cc4)(C(C)C)C(C)C)c4cc5ccccc5cc34)(C(C)C)C(C)C)cc2)cc1)C(C)C. The summed E-state index contributed by atoms with van der Waals surface area (Å²) in [4.78, 5) is 27.0. The molecule has 14 aromatic carbocycles. The van der Waals surface area contributed by atoms with E-state index in [1.54, 1.807) is 0 Å². The average molecular weight is 1870 g/mol. The Kier molecular flexibility index (Phi) is 30.1. The number of esters is 2. The first-order valence-electron chi connectivity index (χ1n) is 49.3. The molecule has 0 fully saturated rings. The Morgan fingerprint density at radius 1 is 0.261 bits per heavy atom. The Balaban J connectivity index is 0.668. The van der Waals surface area contributed by atoms with Crippen LogP contribution in [0.3, 0.4) is 0 Å². The predicted octanol–water partition coefficient (Wildman–Crippen LogP) is 30.6. The fourth-order valence-electron chi connectivity index (χ4n) is 20.7. The van der Waals surface area contributed by atoms with Gasteiger partial charge in [-0.25, -0.2) is 0 Å². The van der Waals surface area contributed by atoms with Crippen molar-refractivity contribution in [2.45, 2.75) is 285 Å². The zero-order valence-electron chi connectivity index (χ0n) is 84.8. The topological polar surface area (TPSA) is 71.1 Å². The van der Waals surface area contributed by atoms with Crippen LogP contribution in [0.1, 0.15) is 223 Å². The van der Waals surface area contributed by atoms with Crippen LogP contribution in [0.5, 0.6) is 0 Å². The molecule has 12 heteroatoms. The third-order valence-electron chi connectivity index (χ3n) is 30.9. The van der Waals surface area contributed by atoms with Crippen molar-refractivity contribution in [1.29, 1.82) is 0 Å². The van der Waals surface area contributed by atoms with E-state index in [1.807, 2.05) is 0 Å². The fraction of sp³-hybridized carbons (Fsp3) is 0.361. The summed E-state index contributed by atoms with van der Waals surface area (Å²) in [5, 5.41) is 23.8. The molecule has 0 bridgehead atoms. The molecule has 0 amide bonds. The molecule has 134 heavy (non-hydrogen) atoms.